The van der Waals surface area contributed by atoms with Gasteiger partial charge in [-0.25, -0.2) is 13.8 Å². The van der Waals surface area contributed by atoms with Gasteiger partial charge in [0.2, 0.25) is 0 Å². The summed E-state index contributed by atoms with van der Waals surface area (Å²) >= 11 is 4.38. The van der Waals surface area contributed by atoms with Gasteiger partial charge in [-0.1, -0.05) is 17.8 Å². The molecule has 19 heavy (non-hydrogen) atoms. The van der Waals surface area contributed by atoms with Crippen molar-refractivity contribution in [1.82, 2.24) is 4.98 Å². The second-order valence-electron chi connectivity index (χ2n) is 3.62. The lowest BCUT2D eigenvalue weighted by Crippen LogP contribution is -2.08. The molecule has 2 aromatic rings. The van der Waals surface area contributed by atoms with E-state index in [4.69, 9.17) is 0 Å². The molecule has 1 aromatic carbocycles. The summed E-state index contributed by atoms with van der Waals surface area (Å²) in [6.07, 6.45) is 1.59. The maximum Gasteiger partial charge on any atom is 0.179 e. The zero-order chi connectivity index (χ0) is 13.8. The average Bonchev–Trinajstić information content (AvgIpc) is 2.38. The summed E-state index contributed by atoms with van der Waals surface area (Å²) in [7, 11) is 0. The molecular weight excluding hydrogens is 336 g/mol. The van der Waals surface area contributed by atoms with E-state index in [0.717, 1.165) is 28.4 Å². The fourth-order valence-electron chi connectivity index (χ4n) is 1.42. The number of carbonyl (C=O) groups excluding carboxylic acids is 1. The number of hydrogen-bond donors (Lipinski definition) is 0. The molecule has 0 fully saturated rings. The fourth-order valence-corrected chi connectivity index (χ4v) is 2.37. The first kappa shape index (κ1) is 14.1. The Hall–Kier alpha value is -1.27. The third-order valence-corrected chi connectivity index (χ3v) is 3.71. The van der Waals surface area contributed by atoms with Gasteiger partial charge in [0, 0.05) is 10.7 Å². The van der Waals surface area contributed by atoms with Crippen molar-refractivity contribution in [3.8, 4) is 0 Å². The summed E-state index contributed by atoms with van der Waals surface area (Å²) in [5, 5.41) is 0.619. The highest BCUT2D eigenvalue weighted by Crippen LogP contribution is 2.20. The molecule has 0 radical (unpaired) electrons. The number of halogens is 3. The topological polar surface area (TPSA) is 30.0 Å². The number of benzene rings is 1. The fraction of sp³-hybridized carbons (Fsp3) is 0.0769. The molecule has 1 heterocycles. The van der Waals surface area contributed by atoms with E-state index in [2.05, 4.69) is 20.9 Å². The summed E-state index contributed by atoms with van der Waals surface area (Å²) in [6.45, 7) is 0. The minimum atomic E-state index is -0.839. The number of thioether (sulfide) groups is 1. The van der Waals surface area contributed by atoms with E-state index in [9.17, 15) is 13.6 Å². The van der Waals surface area contributed by atoms with Crippen molar-refractivity contribution in [1.29, 1.82) is 0 Å². The van der Waals surface area contributed by atoms with E-state index in [-0.39, 0.29) is 5.75 Å². The van der Waals surface area contributed by atoms with E-state index in [1.807, 2.05) is 0 Å². The zero-order valence-electron chi connectivity index (χ0n) is 9.57. The monoisotopic (exact) mass is 343 g/mol. The van der Waals surface area contributed by atoms with Crippen molar-refractivity contribution in [3.05, 3.63) is 58.2 Å². The molecule has 1 aromatic heterocycles. The van der Waals surface area contributed by atoms with Crippen molar-refractivity contribution in [2.75, 3.05) is 5.75 Å². The summed E-state index contributed by atoms with van der Waals surface area (Å²) in [4.78, 5) is 15.9. The average molecular weight is 344 g/mol. The number of ketones is 1. The van der Waals surface area contributed by atoms with Crippen LogP contribution in [0.3, 0.4) is 0 Å². The second kappa shape index (κ2) is 6.25. The molecule has 0 saturated heterocycles. The van der Waals surface area contributed by atoms with E-state index < -0.39 is 23.0 Å². The Labute approximate surface area is 121 Å². The predicted molar refractivity (Wildman–Crippen MR) is 73.3 cm³/mol. The normalized spacial score (nSPS) is 10.5. The maximum absolute atomic E-state index is 13.4. The minimum Gasteiger partial charge on any atom is -0.293 e. The van der Waals surface area contributed by atoms with Gasteiger partial charge in [0.25, 0.3) is 0 Å². The van der Waals surface area contributed by atoms with Crippen molar-refractivity contribution in [2.24, 2.45) is 0 Å². The number of aromatic nitrogens is 1. The van der Waals surface area contributed by atoms with Crippen LogP contribution >= 0.6 is 27.7 Å². The van der Waals surface area contributed by atoms with Crippen LogP contribution in [0.15, 0.2) is 46.0 Å². The number of hydrogen-bond acceptors (Lipinski definition) is 3. The number of rotatable bonds is 4. The van der Waals surface area contributed by atoms with Gasteiger partial charge in [0.15, 0.2) is 5.78 Å². The highest BCUT2D eigenvalue weighted by Gasteiger charge is 2.17. The SMILES string of the molecule is O=C(CSc1ccc(Br)cn1)c1c(F)cccc1F. The Bertz CT molecular complexity index is 584. The summed E-state index contributed by atoms with van der Waals surface area (Å²) in [5.74, 6) is -2.33. The van der Waals surface area contributed by atoms with Crippen LogP contribution in [0.5, 0.6) is 0 Å². The van der Waals surface area contributed by atoms with Gasteiger partial charge in [0.1, 0.15) is 11.6 Å². The Morgan fingerprint density at radius 2 is 1.89 bits per heavy atom. The van der Waals surface area contributed by atoms with Crippen LogP contribution in [0.25, 0.3) is 0 Å². The third kappa shape index (κ3) is 3.61. The highest BCUT2D eigenvalue weighted by atomic mass is 79.9. The first-order valence-electron chi connectivity index (χ1n) is 5.29. The predicted octanol–water partition coefficient (Wildman–Crippen LogP) is 4.10. The van der Waals surface area contributed by atoms with Crippen LogP contribution in [0, 0.1) is 11.6 Å². The van der Waals surface area contributed by atoms with Crippen LogP contribution < -0.4 is 0 Å². The smallest absolute Gasteiger partial charge is 0.179 e. The molecule has 6 heteroatoms. The highest BCUT2D eigenvalue weighted by molar-refractivity contribution is 9.10. The van der Waals surface area contributed by atoms with Crippen molar-refractivity contribution in [3.63, 3.8) is 0 Å². The van der Waals surface area contributed by atoms with Gasteiger partial charge in [-0.05, 0) is 40.2 Å². The first-order chi connectivity index (χ1) is 9.08. The van der Waals surface area contributed by atoms with Crippen LogP contribution in [-0.2, 0) is 0 Å². The largest absolute Gasteiger partial charge is 0.293 e. The molecule has 0 saturated carbocycles. The Morgan fingerprint density at radius 3 is 2.47 bits per heavy atom. The molecule has 0 atom stereocenters. The van der Waals surface area contributed by atoms with Gasteiger partial charge in [-0.2, -0.15) is 0 Å². The molecule has 0 aliphatic carbocycles. The lowest BCUT2D eigenvalue weighted by atomic mass is 10.1. The van der Waals surface area contributed by atoms with E-state index in [0.29, 0.717) is 5.03 Å². The van der Waals surface area contributed by atoms with Gasteiger partial charge in [-0.3, -0.25) is 4.79 Å². The summed E-state index contributed by atoms with van der Waals surface area (Å²) in [5.41, 5.74) is -0.493. The van der Waals surface area contributed by atoms with Gasteiger partial charge >= 0.3 is 0 Å². The quantitative estimate of drug-likeness (QED) is 0.618. The first-order valence-corrected chi connectivity index (χ1v) is 7.07. The van der Waals surface area contributed by atoms with Crippen molar-refractivity contribution >= 4 is 33.5 Å². The van der Waals surface area contributed by atoms with E-state index >= 15 is 0 Å². The molecule has 0 N–H and O–H groups in total. The van der Waals surface area contributed by atoms with Crippen LogP contribution in [0.2, 0.25) is 0 Å². The van der Waals surface area contributed by atoms with Gasteiger partial charge < -0.3 is 0 Å². The van der Waals surface area contributed by atoms with Crippen LogP contribution in [0.1, 0.15) is 10.4 Å². The minimum absolute atomic E-state index is 0.0630. The molecule has 2 nitrogen and oxygen atoms in total. The summed E-state index contributed by atoms with van der Waals surface area (Å²) in [6, 6.07) is 6.87. The Balaban J connectivity index is 2.07. The van der Waals surface area contributed by atoms with Crippen LogP contribution in [0.4, 0.5) is 8.78 Å². The standard InChI is InChI=1S/C13H8BrF2NOS/c14-8-4-5-12(17-6-8)19-7-11(18)13-9(15)2-1-3-10(13)16/h1-6H,7H2. The van der Waals surface area contributed by atoms with Crippen molar-refractivity contribution in [2.45, 2.75) is 5.03 Å². The second-order valence-corrected chi connectivity index (χ2v) is 5.53. The molecule has 0 aliphatic heterocycles. The molecule has 2 rings (SSSR count). The molecule has 0 unspecified atom stereocenters. The molecule has 98 valence electrons. The summed E-state index contributed by atoms with van der Waals surface area (Å²) < 4.78 is 27.6. The van der Waals surface area contributed by atoms with E-state index in [1.54, 1.807) is 18.3 Å². The number of nitrogens with zero attached hydrogens (tertiary/aromatic N) is 1. The van der Waals surface area contributed by atoms with E-state index in [1.165, 1.54) is 6.07 Å². The van der Waals surface area contributed by atoms with Gasteiger partial charge in [0.05, 0.1) is 16.3 Å². The van der Waals surface area contributed by atoms with Crippen LogP contribution in [-0.4, -0.2) is 16.5 Å². The molecule has 0 aliphatic rings. The number of carbonyl (C=O) groups is 1. The lowest BCUT2D eigenvalue weighted by molar-refractivity contribution is 0.101. The zero-order valence-corrected chi connectivity index (χ0v) is 12.0. The lowest BCUT2D eigenvalue weighted by Gasteiger charge is -2.04. The molecule has 0 amide bonds. The molecule has 0 bridgehead atoms. The maximum atomic E-state index is 13.4. The van der Waals surface area contributed by atoms with Gasteiger partial charge in [-0.15, -0.1) is 0 Å². The Kier molecular flexibility index (Phi) is 4.66. The third-order valence-electron chi connectivity index (χ3n) is 2.29. The molecule has 0 spiro atoms. The number of pyridine rings is 1. The van der Waals surface area contributed by atoms with Crippen molar-refractivity contribution < 1.29 is 13.6 Å². The Morgan fingerprint density at radius 1 is 1.21 bits per heavy atom. The molecular formula is C13H8BrF2NOS. The number of Topliss-reactive ketones (excluding diaryl/α,β-unsaturated/α-hetero) is 1.